The van der Waals surface area contributed by atoms with Gasteiger partial charge >= 0.3 is 5.97 Å². The van der Waals surface area contributed by atoms with Crippen LogP contribution in [0.1, 0.15) is 5.56 Å². The number of aromatic nitrogens is 1. The van der Waals surface area contributed by atoms with Crippen LogP contribution < -0.4 is 15.5 Å². The third-order valence-corrected chi connectivity index (χ3v) is 5.82. The molecule has 0 amide bonds. The SMILES string of the molecule is NC1CN(c2nc3c(cc2F)C=C(C(=O)O)CN3c2ccc(F)cc2F)CC12OCCO2. The van der Waals surface area contributed by atoms with Crippen LogP contribution >= 0.6 is 0 Å². The second-order valence-electron chi connectivity index (χ2n) is 7.86. The zero-order valence-corrected chi connectivity index (χ0v) is 16.7. The molecule has 1 unspecified atom stereocenters. The standard InChI is InChI=1S/C21H19F3N4O4/c22-13-1-2-16(14(23)7-13)28-8-12(20(29)30)5-11-6-15(24)19(26-18(11)28)27-9-17(25)21(10-27)31-3-4-32-21/h1-2,5-7,17H,3-4,8-10,25H2,(H,29,30). The number of nitrogens with zero attached hydrogens (tertiary/aromatic N) is 3. The Kier molecular flexibility index (Phi) is 4.84. The lowest BCUT2D eigenvalue weighted by molar-refractivity contribution is -0.147. The number of rotatable bonds is 3. The van der Waals surface area contributed by atoms with Crippen LogP contribution in [-0.2, 0) is 14.3 Å². The molecule has 32 heavy (non-hydrogen) atoms. The molecule has 1 aromatic carbocycles. The molecule has 2 fully saturated rings. The average molecular weight is 448 g/mol. The molecule has 4 heterocycles. The smallest absolute Gasteiger partial charge is 0.333 e. The van der Waals surface area contributed by atoms with Crippen LogP contribution in [0.25, 0.3) is 6.08 Å². The Morgan fingerprint density at radius 3 is 2.59 bits per heavy atom. The minimum atomic E-state index is -1.24. The Hall–Kier alpha value is -3.15. The van der Waals surface area contributed by atoms with Gasteiger partial charge in [-0.15, -0.1) is 0 Å². The fourth-order valence-electron chi connectivity index (χ4n) is 4.30. The summed E-state index contributed by atoms with van der Waals surface area (Å²) in [6.45, 7) is 0.879. The van der Waals surface area contributed by atoms with Crippen LogP contribution in [0.2, 0.25) is 0 Å². The number of fused-ring (bicyclic) bond motifs is 1. The van der Waals surface area contributed by atoms with Gasteiger partial charge in [0, 0.05) is 18.2 Å². The van der Waals surface area contributed by atoms with Crippen molar-refractivity contribution in [1.82, 2.24) is 4.98 Å². The molecule has 3 N–H and O–H groups in total. The normalized spacial score (nSPS) is 21.8. The molecule has 1 spiro atoms. The van der Waals surface area contributed by atoms with Crippen LogP contribution in [0.3, 0.4) is 0 Å². The van der Waals surface area contributed by atoms with Crippen molar-refractivity contribution in [2.24, 2.45) is 5.73 Å². The molecule has 1 aromatic heterocycles. The second-order valence-corrected chi connectivity index (χ2v) is 7.86. The van der Waals surface area contributed by atoms with Crippen molar-refractivity contribution in [3.05, 3.63) is 52.9 Å². The first kappa shape index (κ1) is 20.7. The van der Waals surface area contributed by atoms with Crippen molar-refractivity contribution in [2.45, 2.75) is 11.8 Å². The molecule has 0 radical (unpaired) electrons. The van der Waals surface area contributed by atoms with Gasteiger partial charge in [-0.25, -0.2) is 22.9 Å². The molecule has 3 aliphatic heterocycles. The van der Waals surface area contributed by atoms with Gasteiger partial charge in [-0.05, 0) is 24.3 Å². The summed E-state index contributed by atoms with van der Waals surface area (Å²) in [5, 5.41) is 9.47. The number of carbonyl (C=O) groups is 1. The predicted octanol–water partition coefficient (Wildman–Crippen LogP) is 2.01. The minimum Gasteiger partial charge on any atom is -0.478 e. The number of benzene rings is 1. The van der Waals surface area contributed by atoms with E-state index in [9.17, 15) is 18.7 Å². The Morgan fingerprint density at radius 2 is 1.91 bits per heavy atom. The number of carboxylic acid groups (broad SMARTS) is 1. The van der Waals surface area contributed by atoms with Crippen molar-refractivity contribution in [3.8, 4) is 0 Å². The van der Waals surface area contributed by atoms with Gasteiger partial charge in [0.05, 0.1) is 43.6 Å². The maximum absolute atomic E-state index is 15.1. The highest BCUT2D eigenvalue weighted by Gasteiger charge is 2.50. The van der Waals surface area contributed by atoms with Crippen molar-refractivity contribution in [2.75, 3.05) is 42.6 Å². The molecule has 11 heteroatoms. The number of hydrogen-bond donors (Lipinski definition) is 2. The van der Waals surface area contributed by atoms with Gasteiger partial charge in [0.2, 0.25) is 5.79 Å². The summed E-state index contributed by atoms with van der Waals surface area (Å²) in [5.41, 5.74) is 6.17. The third-order valence-electron chi connectivity index (χ3n) is 5.82. The largest absolute Gasteiger partial charge is 0.478 e. The van der Waals surface area contributed by atoms with Gasteiger partial charge in [-0.1, -0.05) is 0 Å². The summed E-state index contributed by atoms with van der Waals surface area (Å²) >= 11 is 0. The van der Waals surface area contributed by atoms with Gasteiger partial charge < -0.3 is 30.1 Å². The first-order chi connectivity index (χ1) is 15.3. The molecule has 2 saturated heterocycles. The van der Waals surface area contributed by atoms with Crippen LogP contribution in [0.15, 0.2) is 29.8 Å². The van der Waals surface area contributed by atoms with Crippen LogP contribution in [0, 0.1) is 17.5 Å². The van der Waals surface area contributed by atoms with E-state index in [1.54, 1.807) is 4.90 Å². The third kappa shape index (κ3) is 3.29. The first-order valence-electron chi connectivity index (χ1n) is 9.93. The van der Waals surface area contributed by atoms with Crippen molar-refractivity contribution < 1.29 is 32.5 Å². The number of carboxylic acids is 1. The molecular formula is C21H19F3N4O4. The van der Waals surface area contributed by atoms with Crippen molar-refractivity contribution >= 4 is 29.4 Å². The molecule has 5 rings (SSSR count). The highest BCUT2D eigenvalue weighted by molar-refractivity contribution is 5.97. The minimum absolute atomic E-state index is 0.0464. The van der Waals surface area contributed by atoms with Crippen molar-refractivity contribution in [3.63, 3.8) is 0 Å². The van der Waals surface area contributed by atoms with E-state index in [1.165, 1.54) is 17.0 Å². The number of hydrogen-bond acceptors (Lipinski definition) is 7. The Labute approximate surface area is 180 Å². The number of ether oxygens (including phenoxy) is 2. The summed E-state index contributed by atoms with van der Waals surface area (Å²) in [6, 6.07) is 3.54. The summed E-state index contributed by atoms with van der Waals surface area (Å²) in [6.07, 6.45) is 1.29. The second kappa shape index (κ2) is 7.47. The first-order valence-corrected chi connectivity index (χ1v) is 9.93. The van der Waals surface area contributed by atoms with E-state index in [1.807, 2.05) is 0 Å². The topological polar surface area (TPSA) is 101 Å². The van der Waals surface area contributed by atoms with E-state index in [0.717, 1.165) is 12.1 Å². The summed E-state index contributed by atoms with van der Waals surface area (Å²) in [5.74, 6) is -4.58. The van der Waals surface area contributed by atoms with Gasteiger partial charge in [-0.3, -0.25) is 0 Å². The van der Waals surface area contributed by atoms with Crippen LogP contribution in [0.4, 0.5) is 30.5 Å². The summed E-state index contributed by atoms with van der Waals surface area (Å²) in [4.78, 5) is 18.9. The molecule has 3 aliphatic rings. The van der Waals surface area contributed by atoms with E-state index in [2.05, 4.69) is 4.98 Å². The number of anilines is 3. The Morgan fingerprint density at radius 1 is 1.16 bits per heavy atom. The quantitative estimate of drug-likeness (QED) is 0.736. The zero-order valence-electron chi connectivity index (χ0n) is 16.7. The average Bonchev–Trinajstić information content (AvgIpc) is 3.34. The van der Waals surface area contributed by atoms with Gasteiger partial charge in [0.15, 0.2) is 11.6 Å². The summed E-state index contributed by atoms with van der Waals surface area (Å²) < 4.78 is 54.4. The fraction of sp³-hybridized carbons (Fsp3) is 0.333. The van der Waals surface area contributed by atoms with Gasteiger partial charge in [0.1, 0.15) is 17.5 Å². The number of halogens is 3. The van der Waals surface area contributed by atoms with Gasteiger partial charge in [0.25, 0.3) is 0 Å². The number of nitrogens with two attached hydrogens (primary N) is 1. The molecule has 0 aliphatic carbocycles. The molecule has 8 nitrogen and oxygen atoms in total. The lowest BCUT2D eigenvalue weighted by atomic mass is 10.0. The lowest BCUT2D eigenvalue weighted by Crippen LogP contribution is -2.47. The summed E-state index contributed by atoms with van der Waals surface area (Å²) in [7, 11) is 0. The predicted molar refractivity (Wildman–Crippen MR) is 108 cm³/mol. The monoisotopic (exact) mass is 448 g/mol. The van der Waals surface area contributed by atoms with Crippen molar-refractivity contribution in [1.29, 1.82) is 0 Å². The maximum Gasteiger partial charge on any atom is 0.333 e. The van der Waals surface area contributed by atoms with Crippen LogP contribution in [-0.4, -0.2) is 60.7 Å². The van der Waals surface area contributed by atoms with E-state index in [0.29, 0.717) is 19.3 Å². The highest BCUT2D eigenvalue weighted by Crippen LogP contribution is 2.39. The maximum atomic E-state index is 15.1. The number of pyridine rings is 1. The zero-order chi connectivity index (χ0) is 22.6. The van der Waals surface area contributed by atoms with Gasteiger partial charge in [-0.2, -0.15) is 0 Å². The molecule has 168 valence electrons. The molecule has 0 bridgehead atoms. The molecule has 1 atom stereocenters. The Balaban J connectivity index is 1.60. The van der Waals surface area contributed by atoms with E-state index in [-0.39, 0.29) is 48.1 Å². The molecule has 0 saturated carbocycles. The highest BCUT2D eigenvalue weighted by atomic mass is 19.1. The fourth-order valence-corrected chi connectivity index (χ4v) is 4.30. The van der Waals surface area contributed by atoms with E-state index in [4.69, 9.17) is 15.2 Å². The number of aliphatic carboxylic acids is 1. The van der Waals surface area contributed by atoms with Crippen LogP contribution in [0.5, 0.6) is 0 Å². The van der Waals surface area contributed by atoms with E-state index < -0.39 is 35.2 Å². The molecule has 2 aromatic rings. The Bertz CT molecular complexity index is 1140. The molecular weight excluding hydrogens is 429 g/mol. The van der Waals surface area contributed by atoms with E-state index >= 15 is 4.39 Å². The lowest BCUT2D eigenvalue weighted by Gasteiger charge is -2.31.